The normalized spacial score (nSPS) is 35.4. The van der Waals surface area contributed by atoms with E-state index in [-0.39, 0.29) is 6.35 Å². The van der Waals surface area contributed by atoms with Crippen LogP contribution in [0.15, 0.2) is 0 Å². The van der Waals surface area contributed by atoms with Gasteiger partial charge in [-0.2, -0.15) is 0 Å². The van der Waals surface area contributed by atoms with Crippen molar-refractivity contribution in [3.05, 3.63) is 0 Å². The van der Waals surface area contributed by atoms with Gasteiger partial charge in [-0.3, -0.25) is 10.2 Å². The standard InChI is InChI=1S/C7H14N2O/c1-2-5-9(4-1)7-8-3-6-10-7/h7-8H,1-6H2. The number of hydrogen-bond acceptors (Lipinski definition) is 3. The van der Waals surface area contributed by atoms with Crippen LogP contribution in [0, 0.1) is 0 Å². The molecule has 2 heterocycles. The van der Waals surface area contributed by atoms with Crippen molar-refractivity contribution < 1.29 is 4.74 Å². The van der Waals surface area contributed by atoms with Gasteiger partial charge >= 0.3 is 0 Å². The molecule has 3 heteroatoms. The summed E-state index contributed by atoms with van der Waals surface area (Å²) < 4.78 is 5.45. The maximum absolute atomic E-state index is 5.45. The highest BCUT2D eigenvalue weighted by Crippen LogP contribution is 2.12. The van der Waals surface area contributed by atoms with Gasteiger partial charge in [0.05, 0.1) is 6.61 Å². The molecule has 3 nitrogen and oxygen atoms in total. The molecule has 58 valence electrons. The molecule has 0 aromatic carbocycles. The van der Waals surface area contributed by atoms with Crippen molar-refractivity contribution in [1.82, 2.24) is 10.2 Å². The van der Waals surface area contributed by atoms with Gasteiger partial charge in [-0.05, 0) is 12.8 Å². The van der Waals surface area contributed by atoms with E-state index in [0.29, 0.717) is 0 Å². The van der Waals surface area contributed by atoms with Crippen molar-refractivity contribution in [2.75, 3.05) is 26.2 Å². The van der Waals surface area contributed by atoms with Crippen molar-refractivity contribution in [2.24, 2.45) is 0 Å². The van der Waals surface area contributed by atoms with Crippen LogP contribution in [-0.4, -0.2) is 37.5 Å². The van der Waals surface area contributed by atoms with E-state index in [0.717, 1.165) is 13.2 Å². The summed E-state index contributed by atoms with van der Waals surface area (Å²) in [5.41, 5.74) is 0. The lowest BCUT2D eigenvalue weighted by molar-refractivity contribution is -0.0182. The minimum atomic E-state index is 0.238. The third-order valence-electron chi connectivity index (χ3n) is 2.17. The third-order valence-corrected chi connectivity index (χ3v) is 2.17. The van der Waals surface area contributed by atoms with E-state index in [1.807, 2.05) is 0 Å². The Morgan fingerprint density at radius 1 is 1.30 bits per heavy atom. The van der Waals surface area contributed by atoms with Crippen molar-refractivity contribution in [3.63, 3.8) is 0 Å². The molecule has 2 fully saturated rings. The van der Waals surface area contributed by atoms with Gasteiger partial charge in [-0.1, -0.05) is 0 Å². The van der Waals surface area contributed by atoms with E-state index in [1.54, 1.807) is 0 Å². The van der Waals surface area contributed by atoms with Crippen molar-refractivity contribution in [3.8, 4) is 0 Å². The molecule has 0 radical (unpaired) electrons. The summed E-state index contributed by atoms with van der Waals surface area (Å²) in [5.74, 6) is 0. The summed E-state index contributed by atoms with van der Waals surface area (Å²) in [6.45, 7) is 4.30. The fraction of sp³-hybridized carbons (Fsp3) is 1.00. The second-order valence-corrected chi connectivity index (χ2v) is 2.92. The van der Waals surface area contributed by atoms with Crippen LogP contribution in [0.4, 0.5) is 0 Å². The van der Waals surface area contributed by atoms with Crippen LogP contribution in [0.2, 0.25) is 0 Å². The lowest BCUT2D eigenvalue weighted by Gasteiger charge is -2.21. The van der Waals surface area contributed by atoms with Crippen molar-refractivity contribution in [2.45, 2.75) is 19.2 Å². The van der Waals surface area contributed by atoms with E-state index < -0.39 is 0 Å². The maximum Gasteiger partial charge on any atom is 0.166 e. The van der Waals surface area contributed by atoms with E-state index in [1.165, 1.54) is 25.9 Å². The number of ether oxygens (including phenoxy) is 1. The van der Waals surface area contributed by atoms with E-state index in [4.69, 9.17) is 4.74 Å². The fourth-order valence-corrected chi connectivity index (χ4v) is 1.62. The first kappa shape index (κ1) is 6.58. The first-order valence-corrected chi connectivity index (χ1v) is 4.06. The summed E-state index contributed by atoms with van der Waals surface area (Å²) in [7, 11) is 0. The lowest BCUT2D eigenvalue weighted by Crippen LogP contribution is -2.40. The van der Waals surface area contributed by atoms with Crippen LogP contribution in [0.3, 0.4) is 0 Å². The van der Waals surface area contributed by atoms with Gasteiger partial charge in [0.25, 0.3) is 0 Å². The Hall–Kier alpha value is -0.120. The monoisotopic (exact) mass is 142 g/mol. The molecule has 0 amide bonds. The van der Waals surface area contributed by atoms with Gasteiger partial charge in [0.2, 0.25) is 0 Å². The van der Waals surface area contributed by atoms with E-state index in [2.05, 4.69) is 10.2 Å². The molecular formula is C7H14N2O. The topological polar surface area (TPSA) is 24.5 Å². The zero-order valence-electron chi connectivity index (χ0n) is 6.18. The molecule has 0 aliphatic carbocycles. The Morgan fingerprint density at radius 3 is 2.70 bits per heavy atom. The highest BCUT2D eigenvalue weighted by atomic mass is 16.5. The van der Waals surface area contributed by atoms with Crippen LogP contribution in [0.5, 0.6) is 0 Å². The first-order chi connectivity index (χ1) is 4.97. The molecule has 2 aliphatic rings. The predicted molar refractivity (Wildman–Crippen MR) is 38.5 cm³/mol. The molecule has 1 atom stereocenters. The molecule has 2 aliphatic heterocycles. The minimum absolute atomic E-state index is 0.238. The molecule has 10 heavy (non-hydrogen) atoms. The molecular weight excluding hydrogens is 128 g/mol. The van der Waals surface area contributed by atoms with Gasteiger partial charge in [0.15, 0.2) is 6.35 Å². The van der Waals surface area contributed by atoms with Crippen LogP contribution < -0.4 is 5.32 Å². The number of nitrogens with one attached hydrogen (secondary N) is 1. The van der Waals surface area contributed by atoms with Gasteiger partial charge in [0, 0.05) is 19.6 Å². The Morgan fingerprint density at radius 2 is 2.10 bits per heavy atom. The summed E-state index contributed by atoms with van der Waals surface area (Å²) in [6, 6.07) is 0. The first-order valence-electron chi connectivity index (χ1n) is 4.06. The second kappa shape index (κ2) is 2.86. The summed E-state index contributed by atoms with van der Waals surface area (Å²) >= 11 is 0. The van der Waals surface area contributed by atoms with Gasteiger partial charge in [0.1, 0.15) is 0 Å². The second-order valence-electron chi connectivity index (χ2n) is 2.92. The molecule has 0 saturated carbocycles. The average Bonchev–Trinajstić information content (AvgIpc) is 2.59. The highest BCUT2D eigenvalue weighted by Gasteiger charge is 2.24. The Labute approximate surface area is 61.3 Å². The molecule has 0 spiro atoms. The zero-order chi connectivity index (χ0) is 6.81. The Balaban J connectivity index is 1.85. The van der Waals surface area contributed by atoms with Crippen LogP contribution >= 0.6 is 0 Å². The van der Waals surface area contributed by atoms with Crippen LogP contribution in [0.1, 0.15) is 12.8 Å². The smallest absolute Gasteiger partial charge is 0.166 e. The quantitative estimate of drug-likeness (QED) is 0.557. The summed E-state index contributed by atoms with van der Waals surface area (Å²) in [6.07, 6.45) is 2.91. The molecule has 0 bridgehead atoms. The van der Waals surface area contributed by atoms with Gasteiger partial charge in [-0.25, -0.2) is 0 Å². The highest BCUT2D eigenvalue weighted by molar-refractivity contribution is 4.71. The number of nitrogens with zero attached hydrogens (tertiary/aromatic N) is 1. The number of hydrogen-bond donors (Lipinski definition) is 1. The summed E-state index contributed by atoms with van der Waals surface area (Å²) in [5, 5.41) is 3.30. The Kier molecular flexibility index (Phi) is 1.88. The maximum atomic E-state index is 5.45. The zero-order valence-corrected chi connectivity index (χ0v) is 6.18. The number of rotatable bonds is 1. The van der Waals surface area contributed by atoms with E-state index >= 15 is 0 Å². The van der Waals surface area contributed by atoms with Crippen LogP contribution in [-0.2, 0) is 4.74 Å². The van der Waals surface area contributed by atoms with Gasteiger partial charge < -0.3 is 4.74 Å². The predicted octanol–water partition coefficient (Wildman–Crippen LogP) is -0.0144. The average molecular weight is 142 g/mol. The van der Waals surface area contributed by atoms with Crippen molar-refractivity contribution >= 4 is 0 Å². The molecule has 1 N–H and O–H groups in total. The SMILES string of the molecule is C1CCN(C2NCCO2)C1. The van der Waals surface area contributed by atoms with E-state index in [9.17, 15) is 0 Å². The van der Waals surface area contributed by atoms with Gasteiger partial charge in [-0.15, -0.1) is 0 Å². The molecule has 0 aromatic rings. The Bertz CT molecular complexity index is 92.2. The van der Waals surface area contributed by atoms with Crippen molar-refractivity contribution in [1.29, 1.82) is 0 Å². The summed E-state index contributed by atoms with van der Waals surface area (Å²) in [4.78, 5) is 2.37. The third kappa shape index (κ3) is 1.17. The van der Waals surface area contributed by atoms with Crippen LogP contribution in [0.25, 0.3) is 0 Å². The minimum Gasteiger partial charge on any atom is -0.348 e. The lowest BCUT2D eigenvalue weighted by atomic mass is 10.4. The molecule has 0 aromatic heterocycles. The molecule has 2 rings (SSSR count). The fourth-order valence-electron chi connectivity index (χ4n) is 1.62. The largest absolute Gasteiger partial charge is 0.348 e. The number of likely N-dealkylation sites (tertiary alicyclic amines) is 1. The molecule has 1 unspecified atom stereocenters. The molecule has 2 saturated heterocycles.